The number of aliphatic carboxylic acids is 1. The first-order chi connectivity index (χ1) is 10.6. The van der Waals surface area contributed by atoms with Gasteiger partial charge in [-0.1, -0.05) is 0 Å². The van der Waals surface area contributed by atoms with Crippen molar-refractivity contribution in [1.29, 1.82) is 0 Å². The molecular formula is C13H18N2O6S2. The van der Waals surface area contributed by atoms with E-state index in [4.69, 9.17) is 5.11 Å². The van der Waals surface area contributed by atoms with E-state index >= 15 is 0 Å². The largest absolute Gasteiger partial charge is 0.481 e. The molecule has 0 unspecified atom stereocenters. The summed E-state index contributed by atoms with van der Waals surface area (Å²) in [6, 6.07) is 2.00. The molecule has 0 aromatic carbocycles. The lowest BCUT2D eigenvalue weighted by molar-refractivity contribution is -0.142. The van der Waals surface area contributed by atoms with E-state index in [1.807, 2.05) is 0 Å². The fourth-order valence-electron chi connectivity index (χ4n) is 2.49. The van der Waals surface area contributed by atoms with Gasteiger partial charge < -0.3 is 5.11 Å². The number of nitrogens with one attached hydrogen (secondary N) is 1. The number of pyridine rings is 1. The lowest BCUT2D eigenvalue weighted by atomic mass is 9.87. The SMILES string of the molecule is CS(=O)(=O)c1ccc(S(=O)(=O)NC2CCC(C(=O)O)CC2)cn1. The van der Waals surface area contributed by atoms with Crippen LogP contribution in [0.4, 0.5) is 0 Å². The lowest BCUT2D eigenvalue weighted by Gasteiger charge is -2.26. The molecule has 1 saturated carbocycles. The maximum absolute atomic E-state index is 12.3. The van der Waals surface area contributed by atoms with Gasteiger partial charge in [-0.15, -0.1) is 0 Å². The van der Waals surface area contributed by atoms with Gasteiger partial charge >= 0.3 is 5.97 Å². The number of sulfonamides is 1. The van der Waals surface area contributed by atoms with Crippen molar-refractivity contribution in [3.05, 3.63) is 18.3 Å². The highest BCUT2D eigenvalue weighted by Crippen LogP contribution is 2.25. The fraction of sp³-hybridized carbons (Fsp3) is 0.538. The molecule has 0 atom stereocenters. The molecule has 1 aliphatic rings. The van der Waals surface area contributed by atoms with Gasteiger partial charge in [-0.3, -0.25) is 4.79 Å². The number of carboxylic acid groups (broad SMARTS) is 1. The van der Waals surface area contributed by atoms with Gasteiger partial charge in [0.05, 0.1) is 5.92 Å². The Balaban J connectivity index is 2.06. The minimum atomic E-state index is -3.81. The molecule has 0 bridgehead atoms. The average Bonchev–Trinajstić information content (AvgIpc) is 2.46. The van der Waals surface area contributed by atoms with Crippen molar-refractivity contribution < 1.29 is 26.7 Å². The monoisotopic (exact) mass is 362 g/mol. The third-order valence-electron chi connectivity index (χ3n) is 3.80. The van der Waals surface area contributed by atoms with E-state index in [2.05, 4.69) is 9.71 Å². The Kier molecular flexibility index (Phi) is 5.07. The van der Waals surface area contributed by atoms with Crippen LogP contribution >= 0.6 is 0 Å². The molecule has 1 aromatic rings. The van der Waals surface area contributed by atoms with Crippen LogP contribution in [0.5, 0.6) is 0 Å². The summed E-state index contributed by atoms with van der Waals surface area (Å²) in [4.78, 5) is 14.4. The van der Waals surface area contributed by atoms with Gasteiger partial charge in [0.1, 0.15) is 4.90 Å². The van der Waals surface area contributed by atoms with Crippen molar-refractivity contribution in [3.8, 4) is 0 Å². The molecule has 1 fully saturated rings. The molecule has 2 rings (SSSR count). The van der Waals surface area contributed by atoms with E-state index in [1.165, 1.54) is 6.07 Å². The van der Waals surface area contributed by atoms with Gasteiger partial charge in [0.2, 0.25) is 10.0 Å². The Bertz CT molecular complexity index is 778. The number of sulfone groups is 1. The van der Waals surface area contributed by atoms with E-state index in [9.17, 15) is 21.6 Å². The summed E-state index contributed by atoms with van der Waals surface area (Å²) in [5.74, 6) is -1.28. The molecule has 10 heteroatoms. The minimum Gasteiger partial charge on any atom is -0.481 e. The standard InChI is InChI=1S/C13H18N2O6S2/c1-22(18,19)12-7-6-11(8-14-12)23(20,21)15-10-4-2-9(3-5-10)13(16)17/h6-10,15H,2-5H2,1H3,(H,16,17). The first kappa shape index (κ1) is 17.8. The zero-order valence-corrected chi connectivity index (χ0v) is 14.1. The highest BCUT2D eigenvalue weighted by atomic mass is 32.2. The summed E-state index contributed by atoms with van der Waals surface area (Å²) in [5.41, 5.74) is 0. The molecular weight excluding hydrogens is 344 g/mol. The molecule has 0 radical (unpaired) electrons. The van der Waals surface area contributed by atoms with Crippen LogP contribution in [0.2, 0.25) is 0 Å². The average molecular weight is 362 g/mol. The number of hydrogen-bond acceptors (Lipinski definition) is 6. The van der Waals surface area contributed by atoms with Crippen LogP contribution in [0.25, 0.3) is 0 Å². The normalized spacial score (nSPS) is 22.7. The van der Waals surface area contributed by atoms with Crippen molar-refractivity contribution in [1.82, 2.24) is 9.71 Å². The lowest BCUT2D eigenvalue weighted by Crippen LogP contribution is -2.38. The maximum atomic E-state index is 12.3. The number of carbonyl (C=O) groups is 1. The molecule has 1 aliphatic carbocycles. The maximum Gasteiger partial charge on any atom is 0.306 e. The van der Waals surface area contributed by atoms with Crippen LogP contribution < -0.4 is 4.72 Å². The molecule has 128 valence electrons. The van der Waals surface area contributed by atoms with Gasteiger partial charge in [0.25, 0.3) is 0 Å². The summed E-state index contributed by atoms with van der Waals surface area (Å²) in [6.07, 6.45) is 3.74. The van der Waals surface area contributed by atoms with Crippen LogP contribution in [-0.2, 0) is 24.7 Å². The Morgan fingerprint density at radius 2 is 1.78 bits per heavy atom. The number of hydrogen-bond donors (Lipinski definition) is 2. The third kappa shape index (κ3) is 4.49. The highest BCUT2D eigenvalue weighted by molar-refractivity contribution is 7.90. The summed E-state index contributed by atoms with van der Waals surface area (Å²) in [6.45, 7) is 0. The molecule has 8 nitrogen and oxygen atoms in total. The molecule has 0 aliphatic heterocycles. The zero-order valence-electron chi connectivity index (χ0n) is 12.5. The predicted octanol–water partition coefficient (Wildman–Crippen LogP) is 0.407. The van der Waals surface area contributed by atoms with Gasteiger partial charge in [0, 0.05) is 18.5 Å². The van der Waals surface area contributed by atoms with Gasteiger partial charge in [-0.2, -0.15) is 0 Å². The van der Waals surface area contributed by atoms with Crippen LogP contribution in [0.1, 0.15) is 25.7 Å². The zero-order chi connectivity index (χ0) is 17.3. The summed E-state index contributed by atoms with van der Waals surface area (Å²) in [5, 5.41) is 8.73. The van der Waals surface area contributed by atoms with Crippen molar-refractivity contribution in [3.63, 3.8) is 0 Å². The van der Waals surface area contributed by atoms with Gasteiger partial charge in [0.15, 0.2) is 14.9 Å². The second kappa shape index (κ2) is 6.54. The Morgan fingerprint density at radius 1 is 1.17 bits per heavy atom. The minimum absolute atomic E-state index is 0.120. The van der Waals surface area contributed by atoms with Crippen molar-refractivity contribution >= 4 is 25.8 Å². The summed E-state index contributed by atoms with van der Waals surface area (Å²) in [7, 11) is -7.30. The van der Waals surface area contributed by atoms with Crippen LogP contribution in [-0.4, -0.2) is 45.2 Å². The third-order valence-corrected chi connectivity index (χ3v) is 6.30. The second-order valence-electron chi connectivity index (χ2n) is 5.61. The van der Waals surface area contributed by atoms with Crippen LogP contribution in [0.15, 0.2) is 28.3 Å². The molecule has 0 spiro atoms. The first-order valence-electron chi connectivity index (χ1n) is 7.01. The fourth-order valence-corrected chi connectivity index (χ4v) is 4.30. The quantitative estimate of drug-likeness (QED) is 0.775. The number of rotatable bonds is 5. The number of aromatic nitrogens is 1. The van der Waals surface area contributed by atoms with E-state index in [0.717, 1.165) is 18.5 Å². The Morgan fingerprint density at radius 3 is 2.22 bits per heavy atom. The molecule has 0 amide bonds. The highest BCUT2D eigenvalue weighted by Gasteiger charge is 2.29. The van der Waals surface area contributed by atoms with E-state index < -0.39 is 31.7 Å². The van der Waals surface area contributed by atoms with Crippen molar-refractivity contribution in [2.75, 3.05) is 6.26 Å². The summed E-state index contributed by atoms with van der Waals surface area (Å²) < 4.78 is 49.7. The van der Waals surface area contributed by atoms with Gasteiger partial charge in [-0.05, 0) is 37.8 Å². The Hall–Kier alpha value is -1.52. The molecule has 1 aromatic heterocycles. The van der Waals surface area contributed by atoms with Crippen LogP contribution in [0.3, 0.4) is 0 Å². The second-order valence-corrected chi connectivity index (χ2v) is 9.29. The first-order valence-corrected chi connectivity index (χ1v) is 10.4. The van der Waals surface area contributed by atoms with E-state index in [-0.39, 0.29) is 16.0 Å². The van der Waals surface area contributed by atoms with E-state index in [1.54, 1.807) is 0 Å². The topological polar surface area (TPSA) is 130 Å². The molecule has 1 heterocycles. The predicted molar refractivity (Wildman–Crippen MR) is 81.1 cm³/mol. The van der Waals surface area contributed by atoms with E-state index in [0.29, 0.717) is 25.7 Å². The van der Waals surface area contributed by atoms with Crippen molar-refractivity contribution in [2.24, 2.45) is 5.92 Å². The van der Waals surface area contributed by atoms with Gasteiger partial charge in [-0.25, -0.2) is 26.5 Å². The number of carboxylic acids is 1. The Labute approximate surface area is 134 Å². The number of nitrogens with zero attached hydrogens (tertiary/aromatic N) is 1. The smallest absolute Gasteiger partial charge is 0.306 e. The molecule has 23 heavy (non-hydrogen) atoms. The van der Waals surface area contributed by atoms with Crippen molar-refractivity contribution in [2.45, 2.75) is 41.6 Å². The summed E-state index contributed by atoms with van der Waals surface area (Å²) >= 11 is 0. The molecule has 0 saturated heterocycles. The van der Waals surface area contributed by atoms with Crippen LogP contribution in [0, 0.1) is 5.92 Å². The molecule has 2 N–H and O–H groups in total.